The number of aromatic nitrogens is 2. The highest BCUT2D eigenvalue weighted by Gasteiger charge is 2.05. The third-order valence-electron chi connectivity index (χ3n) is 0.902. The van der Waals surface area contributed by atoms with Gasteiger partial charge in [-0.25, -0.2) is 0 Å². The number of hydrogen-bond donors (Lipinski definition) is 0. The first-order valence-electron chi connectivity index (χ1n) is 3.33. The average molecular weight is 157 g/mol. The molecule has 0 bridgehead atoms. The molecule has 0 N–H and O–H groups in total. The van der Waals surface area contributed by atoms with Crippen LogP contribution in [0.15, 0.2) is 12.4 Å². The molecular weight excluding hydrogens is 146 g/mol. The maximum Gasteiger partial charge on any atom is 0.306 e. The molecule has 0 radical (unpaired) electrons. The van der Waals surface area contributed by atoms with Gasteiger partial charge < -0.3 is 0 Å². The van der Waals surface area contributed by atoms with Crippen molar-refractivity contribution in [1.29, 1.82) is 0 Å². The van der Waals surface area contributed by atoms with E-state index in [1.807, 2.05) is 13.8 Å². The van der Waals surface area contributed by atoms with E-state index in [-0.39, 0.29) is 5.69 Å². The lowest BCUT2D eigenvalue weighted by atomic mass is 10.6. The topological polar surface area (TPSA) is 61.0 Å². The Morgan fingerprint density at radius 3 is 2.36 bits per heavy atom. The zero-order valence-electron chi connectivity index (χ0n) is 6.81. The summed E-state index contributed by atoms with van der Waals surface area (Å²) in [6, 6.07) is 0. The Labute approximate surface area is 64.8 Å². The van der Waals surface area contributed by atoms with Gasteiger partial charge in [0.15, 0.2) is 0 Å². The molecule has 0 aliphatic carbocycles. The molecule has 5 heteroatoms. The maximum absolute atomic E-state index is 9.97. The fourth-order valence-corrected chi connectivity index (χ4v) is 0.503. The number of aryl methyl sites for hydroxylation is 1. The van der Waals surface area contributed by atoms with E-state index >= 15 is 0 Å². The van der Waals surface area contributed by atoms with Crippen molar-refractivity contribution in [1.82, 2.24) is 9.78 Å². The summed E-state index contributed by atoms with van der Waals surface area (Å²) in [6.45, 7) is 4.00. The summed E-state index contributed by atoms with van der Waals surface area (Å²) in [5, 5.41) is 13.6. The molecule has 0 aliphatic heterocycles. The van der Waals surface area contributed by atoms with Crippen LogP contribution in [0, 0.1) is 10.1 Å². The van der Waals surface area contributed by atoms with Crippen molar-refractivity contribution < 1.29 is 4.92 Å². The first-order chi connectivity index (χ1) is 5.20. The molecule has 0 spiro atoms. The summed E-state index contributed by atoms with van der Waals surface area (Å²) in [5.74, 6) is 0. The van der Waals surface area contributed by atoms with E-state index in [1.54, 1.807) is 7.05 Å². The third-order valence-corrected chi connectivity index (χ3v) is 0.902. The van der Waals surface area contributed by atoms with Gasteiger partial charge in [0.05, 0.1) is 4.92 Å². The number of hydrogen-bond acceptors (Lipinski definition) is 3. The van der Waals surface area contributed by atoms with Gasteiger partial charge in [0, 0.05) is 7.05 Å². The summed E-state index contributed by atoms with van der Waals surface area (Å²) >= 11 is 0. The first kappa shape index (κ1) is 9.61. The fraction of sp³-hybridized carbons (Fsp3) is 0.500. The van der Waals surface area contributed by atoms with Crippen LogP contribution in [0.4, 0.5) is 5.69 Å². The van der Waals surface area contributed by atoms with Gasteiger partial charge in [0.1, 0.15) is 12.4 Å². The quantitative estimate of drug-likeness (QED) is 0.456. The standard InChI is InChI=1S/C4H5N3O2.C2H6/c1-6-3-4(2-5-6)7(8)9;1-2/h2-3H,1H3;1-2H3. The Balaban J connectivity index is 0.000000461. The first-order valence-corrected chi connectivity index (χ1v) is 3.33. The lowest BCUT2D eigenvalue weighted by Gasteiger charge is -1.79. The van der Waals surface area contributed by atoms with Gasteiger partial charge in [-0.2, -0.15) is 5.10 Å². The van der Waals surface area contributed by atoms with Crippen LogP contribution in [0.2, 0.25) is 0 Å². The van der Waals surface area contributed by atoms with Crippen LogP contribution in [-0.4, -0.2) is 14.7 Å². The van der Waals surface area contributed by atoms with Gasteiger partial charge in [-0.1, -0.05) is 13.8 Å². The summed E-state index contributed by atoms with van der Waals surface area (Å²) in [7, 11) is 1.63. The number of rotatable bonds is 1. The summed E-state index contributed by atoms with van der Waals surface area (Å²) in [4.78, 5) is 9.49. The Bertz CT molecular complexity index is 231. The van der Waals surface area contributed by atoms with Gasteiger partial charge in [-0.3, -0.25) is 14.8 Å². The molecule has 0 fully saturated rings. The predicted molar refractivity (Wildman–Crippen MR) is 41.2 cm³/mol. The normalized spacial score (nSPS) is 8.27. The van der Waals surface area contributed by atoms with Crippen molar-refractivity contribution in [3.05, 3.63) is 22.5 Å². The molecule has 0 aromatic carbocycles. The highest BCUT2D eigenvalue weighted by atomic mass is 16.6. The molecule has 0 atom stereocenters. The Morgan fingerprint density at radius 2 is 2.18 bits per heavy atom. The molecule has 62 valence electrons. The Morgan fingerprint density at radius 1 is 1.64 bits per heavy atom. The van der Waals surface area contributed by atoms with Crippen LogP contribution in [0.3, 0.4) is 0 Å². The molecule has 0 aliphatic rings. The summed E-state index contributed by atoms with van der Waals surface area (Å²) in [5.41, 5.74) is 0.0255. The molecule has 1 aromatic rings. The zero-order chi connectivity index (χ0) is 8.85. The van der Waals surface area contributed by atoms with E-state index in [9.17, 15) is 10.1 Å². The van der Waals surface area contributed by atoms with Crippen LogP contribution in [0.1, 0.15) is 13.8 Å². The van der Waals surface area contributed by atoms with Crippen LogP contribution in [0.25, 0.3) is 0 Å². The molecular formula is C6H11N3O2. The van der Waals surface area contributed by atoms with E-state index < -0.39 is 4.92 Å². The minimum atomic E-state index is -0.479. The van der Waals surface area contributed by atoms with Crippen LogP contribution in [0.5, 0.6) is 0 Å². The third kappa shape index (κ3) is 2.79. The van der Waals surface area contributed by atoms with Gasteiger partial charge in [0.2, 0.25) is 0 Å². The molecule has 1 heterocycles. The number of nitro groups is 1. The van der Waals surface area contributed by atoms with Crippen LogP contribution in [-0.2, 0) is 7.05 Å². The van der Waals surface area contributed by atoms with Crippen molar-refractivity contribution in [3.8, 4) is 0 Å². The lowest BCUT2D eigenvalue weighted by molar-refractivity contribution is -0.384. The van der Waals surface area contributed by atoms with Crippen molar-refractivity contribution in [2.75, 3.05) is 0 Å². The second kappa shape index (κ2) is 4.43. The molecule has 1 aromatic heterocycles. The molecule has 11 heavy (non-hydrogen) atoms. The maximum atomic E-state index is 9.97. The second-order valence-corrected chi connectivity index (χ2v) is 1.63. The van der Waals surface area contributed by atoms with E-state index in [0.717, 1.165) is 0 Å². The lowest BCUT2D eigenvalue weighted by Crippen LogP contribution is -1.86. The highest BCUT2D eigenvalue weighted by molar-refractivity contribution is 5.20. The largest absolute Gasteiger partial charge is 0.306 e. The van der Waals surface area contributed by atoms with E-state index in [1.165, 1.54) is 17.1 Å². The fourth-order valence-electron chi connectivity index (χ4n) is 0.503. The molecule has 0 unspecified atom stereocenters. The van der Waals surface area contributed by atoms with Crippen molar-refractivity contribution in [2.45, 2.75) is 13.8 Å². The van der Waals surface area contributed by atoms with E-state index in [4.69, 9.17) is 0 Å². The van der Waals surface area contributed by atoms with Gasteiger partial charge in [-0.05, 0) is 0 Å². The molecule has 0 saturated heterocycles. The van der Waals surface area contributed by atoms with Crippen molar-refractivity contribution in [3.63, 3.8) is 0 Å². The Hall–Kier alpha value is -1.39. The van der Waals surface area contributed by atoms with Crippen molar-refractivity contribution in [2.24, 2.45) is 7.05 Å². The summed E-state index contributed by atoms with van der Waals surface area (Å²) in [6.07, 6.45) is 2.56. The smallest absolute Gasteiger partial charge is 0.269 e. The summed E-state index contributed by atoms with van der Waals surface area (Å²) < 4.78 is 1.39. The predicted octanol–water partition coefficient (Wildman–Crippen LogP) is 1.35. The van der Waals surface area contributed by atoms with E-state index in [2.05, 4.69) is 5.10 Å². The van der Waals surface area contributed by atoms with Crippen LogP contribution >= 0.6 is 0 Å². The van der Waals surface area contributed by atoms with Gasteiger partial charge in [0.25, 0.3) is 0 Å². The zero-order valence-corrected chi connectivity index (χ0v) is 6.81. The molecule has 5 nitrogen and oxygen atoms in total. The number of nitrogens with zero attached hydrogens (tertiary/aromatic N) is 3. The monoisotopic (exact) mass is 157 g/mol. The minimum absolute atomic E-state index is 0.0255. The average Bonchev–Trinajstić information content (AvgIpc) is 2.40. The van der Waals surface area contributed by atoms with Crippen LogP contribution < -0.4 is 0 Å². The Kier molecular flexibility index (Phi) is 3.87. The highest BCUT2D eigenvalue weighted by Crippen LogP contribution is 2.05. The van der Waals surface area contributed by atoms with Crippen molar-refractivity contribution >= 4 is 5.69 Å². The van der Waals surface area contributed by atoms with E-state index in [0.29, 0.717) is 0 Å². The molecule has 1 rings (SSSR count). The SMILES string of the molecule is CC.Cn1cc([N+](=O)[O-])cn1. The van der Waals surface area contributed by atoms with Gasteiger partial charge in [-0.15, -0.1) is 0 Å². The minimum Gasteiger partial charge on any atom is -0.269 e. The second-order valence-electron chi connectivity index (χ2n) is 1.63. The van der Waals surface area contributed by atoms with Gasteiger partial charge >= 0.3 is 5.69 Å². The molecule has 0 amide bonds. The molecule has 0 saturated carbocycles.